The number of carbonyl (C=O) groups excluding carboxylic acids is 1. The van der Waals surface area contributed by atoms with Gasteiger partial charge in [-0.2, -0.15) is 5.10 Å². The van der Waals surface area contributed by atoms with Crippen molar-refractivity contribution in [2.24, 2.45) is 0 Å². The minimum atomic E-state index is -0.197. The molecule has 1 aliphatic rings. The number of aromatic nitrogens is 4. The Morgan fingerprint density at radius 3 is 2.82 bits per heavy atom. The molecule has 1 amide bonds. The normalized spacial score (nSPS) is 14.1. The Labute approximate surface area is 218 Å². The second-order valence-corrected chi connectivity index (χ2v) is 9.46. The third kappa shape index (κ3) is 4.64. The highest BCUT2D eigenvalue weighted by Gasteiger charge is 2.22. The van der Waals surface area contributed by atoms with Crippen LogP contribution in [-0.4, -0.2) is 38.9 Å². The number of benzene rings is 2. The first-order valence-electron chi connectivity index (χ1n) is 12.6. The lowest BCUT2D eigenvalue weighted by Crippen LogP contribution is -2.24. The Kier molecular flexibility index (Phi) is 6.35. The van der Waals surface area contributed by atoms with E-state index < -0.39 is 0 Å². The molecule has 9 heteroatoms. The number of aryl methyl sites for hydroxylation is 1. The van der Waals surface area contributed by atoms with Crippen LogP contribution in [0.3, 0.4) is 0 Å². The first kappa shape index (κ1) is 23.9. The lowest BCUT2D eigenvalue weighted by atomic mass is 10.0. The molecule has 192 valence electrons. The van der Waals surface area contributed by atoms with Gasteiger partial charge >= 0.3 is 0 Å². The number of fused-ring (bicyclic) bond motifs is 3. The van der Waals surface area contributed by atoms with Gasteiger partial charge in [0.1, 0.15) is 5.75 Å². The molecule has 0 atom stereocenters. The number of nitrogens with zero attached hydrogens (tertiary/aromatic N) is 3. The van der Waals surface area contributed by atoms with Gasteiger partial charge in [-0.3, -0.25) is 14.3 Å². The molecule has 0 unspecified atom stereocenters. The molecule has 6 rings (SSSR count). The summed E-state index contributed by atoms with van der Waals surface area (Å²) in [5.41, 5.74) is 3.47. The third-order valence-corrected chi connectivity index (χ3v) is 6.90. The number of ether oxygens (including phenoxy) is 2. The van der Waals surface area contributed by atoms with Gasteiger partial charge in [-0.25, -0.2) is 4.98 Å². The van der Waals surface area contributed by atoms with Gasteiger partial charge in [0, 0.05) is 43.0 Å². The van der Waals surface area contributed by atoms with Gasteiger partial charge in [0.15, 0.2) is 0 Å². The fourth-order valence-corrected chi connectivity index (χ4v) is 4.97. The van der Waals surface area contributed by atoms with Crippen molar-refractivity contribution in [2.45, 2.75) is 32.4 Å². The van der Waals surface area contributed by atoms with Crippen molar-refractivity contribution in [3.63, 3.8) is 0 Å². The number of nitrogens with one attached hydrogen (secondary N) is 2. The largest absolute Gasteiger partial charge is 0.439 e. The van der Waals surface area contributed by atoms with E-state index in [1.165, 1.54) is 0 Å². The van der Waals surface area contributed by atoms with Crippen LogP contribution in [-0.2, 0) is 11.3 Å². The Hall–Kier alpha value is -4.50. The molecule has 5 aromatic rings. The van der Waals surface area contributed by atoms with Crippen molar-refractivity contribution in [3.8, 4) is 11.6 Å². The van der Waals surface area contributed by atoms with E-state index in [4.69, 9.17) is 9.47 Å². The van der Waals surface area contributed by atoms with Crippen LogP contribution >= 0.6 is 0 Å². The van der Waals surface area contributed by atoms with E-state index in [1.807, 2.05) is 60.1 Å². The number of H-pyrrole nitrogens is 1. The van der Waals surface area contributed by atoms with Crippen molar-refractivity contribution in [1.82, 2.24) is 25.1 Å². The first-order valence-corrected chi connectivity index (χ1v) is 12.6. The molecule has 38 heavy (non-hydrogen) atoms. The molecule has 2 N–H and O–H groups in total. The standard InChI is InChI=1S/C29H27N5O4/c1-18-13-25-23(27-24(29(36)33-25)17-32-34(27)20-8-11-37-12-9-20)15-22(18)28(35)31-16-19-5-4-6-21(14-19)38-26-7-2-3-10-30-26/h2-7,10,13-15,17,20H,8-9,11-12,16H2,1H3,(H,31,35)(H,33,36). The van der Waals surface area contributed by atoms with Gasteiger partial charge in [-0.1, -0.05) is 18.2 Å². The summed E-state index contributed by atoms with van der Waals surface area (Å²) in [6.07, 6.45) is 4.94. The predicted octanol–water partition coefficient (Wildman–Crippen LogP) is 4.66. The van der Waals surface area contributed by atoms with Crippen molar-refractivity contribution in [2.75, 3.05) is 13.2 Å². The van der Waals surface area contributed by atoms with E-state index in [1.54, 1.807) is 18.5 Å². The zero-order valence-corrected chi connectivity index (χ0v) is 20.9. The second-order valence-electron chi connectivity index (χ2n) is 9.46. The van der Waals surface area contributed by atoms with E-state index >= 15 is 0 Å². The van der Waals surface area contributed by atoms with Crippen LogP contribution in [0, 0.1) is 6.92 Å². The maximum absolute atomic E-state index is 13.3. The van der Waals surface area contributed by atoms with Crippen LogP contribution in [0.2, 0.25) is 0 Å². The van der Waals surface area contributed by atoms with Gasteiger partial charge in [0.05, 0.1) is 28.7 Å². The van der Waals surface area contributed by atoms with Crippen LogP contribution in [0.1, 0.15) is 40.4 Å². The molecular formula is C29H27N5O4. The quantitative estimate of drug-likeness (QED) is 0.345. The number of hydrogen-bond acceptors (Lipinski definition) is 6. The molecule has 1 saturated heterocycles. The van der Waals surface area contributed by atoms with Gasteiger partial charge in [0.2, 0.25) is 5.88 Å². The molecule has 9 nitrogen and oxygen atoms in total. The maximum Gasteiger partial charge on any atom is 0.259 e. The van der Waals surface area contributed by atoms with Crippen molar-refractivity contribution in [1.29, 1.82) is 0 Å². The average Bonchev–Trinajstić information content (AvgIpc) is 3.39. The maximum atomic E-state index is 13.3. The molecule has 0 aliphatic carbocycles. The fraction of sp³-hybridized carbons (Fsp3) is 0.241. The number of amides is 1. The summed E-state index contributed by atoms with van der Waals surface area (Å²) in [6.45, 7) is 3.52. The molecular weight excluding hydrogens is 482 g/mol. The Morgan fingerprint density at radius 2 is 2.00 bits per heavy atom. The number of aromatic amines is 1. The monoisotopic (exact) mass is 509 g/mol. The molecule has 2 aromatic carbocycles. The molecule has 1 aliphatic heterocycles. The summed E-state index contributed by atoms with van der Waals surface area (Å²) < 4.78 is 13.3. The number of hydrogen-bond donors (Lipinski definition) is 2. The van der Waals surface area contributed by atoms with E-state index in [0.29, 0.717) is 47.9 Å². The van der Waals surface area contributed by atoms with Gasteiger partial charge < -0.3 is 19.8 Å². The van der Waals surface area contributed by atoms with Crippen LogP contribution in [0.5, 0.6) is 11.6 Å². The molecule has 0 radical (unpaired) electrons. The Balaban J connectivity index is 1.28. The molecule has 0 spiro atoms. The highest BCUT2D eigenvalue weighted by molar-refractivity contribution is 6.07. The third-order valence-electron chi connectivity index (χ3n) is 6.90. The van der Waals surface area contributed by atoms with E-state index in [9.17, 15) is 9.59 Å². The van der Waals surface area contributed by atoms with Gasteiger partial charge in [-0.05, 0) is 61.2 Å². The van der Waals surface area contributed by atoms with Crippen LogP contribution in [0.25, 0.3) is 21.8 Å². The molecule has 0 bridgehead atoms. The zero-order chi connectivity index (χ0) is 26.1. The SMILES string of the molecule is Cc1cc2[nH]c(=O)c3cnn(C4CCOCC4)c3c2cc1C(=O)NCc1cccc(Oc2ccccn2)c1. The lowest BCUT2D eigenvalue weighted by molar-refractivity contribution is 0.0675. The minimum absolute atomic E-state index is 0.144. The summed E-state index contributed by atoms with van der Waals surface area (Å²) in [4.78, 5) is 33.3. The summed E-state index contributed by atoms with van der Waals surface area (Å²) in [6, 6.07) is 16.9. The lowest BCUT2D eigenvalue weighted by Gasteiger charge is -2.23. The van der Waals surface area contributed by atoms with Crippen LogP contribution in [0.4, 0.5) is 0 Å². The predicted molar refractivity (Wildman–Crippen MR) is 144 cm³/mol. The van der Waals surface area contributed by atoms with Crippen molar-refractivity contribution < 1.29 is 14.3 Å². The average molecular weight is 510 g/mol. The Bertz CT molecular complexity index is 1690. The number of rotatable bonds is 6. The molecule has 1 fully saturated rings. The van der Waals surface area contributed by atoms with Crippen molar-refractivity contribution in [3.05, 3.63) is 94.0 Å². The highest BCUT2D eigenvalue weighted by atomic mass is 16.5. The first-order chi connectivity index (χ1) is 18.6. The van der Waals surface area contributed by atoms with Crippen molar-refractivity contribution >= 4 is 27.7 Å². The molecule has 0 saturated carbocycles. The molecule has 3 aromatic heterocycles. The smallest absolute Gasteiger partial charge is 0.259 e. The van der Waals surface area contributed by atoms with Gasteiger partial charge in [-0.15, -0.1) is 0 Å². The summed E-state index contributed by atoms with van der Waals surface area (Å²) in [7, 11) is 0. The minimum Gasteiger partial charge on any atom is -0.439 e. The fourth-order valence-electron chi connectivity index (χ4n) is 4.97. The molecule has 4 heterocycles. The van der Waals surface area contributed by atoms with Gasteiger partial charge in [0.25, 0.3) is 11.5 Å². The Morgan fingerprint density at radius 1 is 1.13 bits per heavy atom. The second kappa shape index (κ2) is 10.1. The van der Waals surface area contributed by atoms with E-state index in [2.05, 4.69) is 20.4 Å². The summed E-state index contributed by atoms with van der Waals surface area (Å²) in [5.74, 6) is 0.951. The van der Waals surface area contributed by atoms with E-state index in [-0.39, 0.29) is 17.5 Å². The van der Waals surface area contributed by atoms with E-state index in [0.717, 1.165) is 34.9 Å². The number of pyridine rings is 2. The highest BCUT2D eigenvalue weighted by Crippen LogP contribution is 2.30. The number of carbonyl (C=O) groups is 1. The van der Waals surface area contributed by atoms with Crippen LogP contribution in [0.15, 0.2) is 71.8 Å². The summed E-state index contributed by atoms with van der Waals surface area (Å²) >= 11 is 0. The van der Waals surface area contributed by atoms with Crippen LogP contribution < -0.4 is 15.6 Å². The summed E-state index contributed by atoms with van der Waals surface area (Å²) in [5, 5.41) is 8.90. The zero-order valence-electron chi connectivity index (χ0n) is 20.9. The topological polar surface area (TPSA) is 111 Å².